The summed E-state index contributed by atoms with van der Waals surface area (Å²) in [5.41, 5.74) is 5.82. The van der Waals surface area contributed by atoms with Crippen LogP contribution in [0.1, 0.15) is 44.2 Å². The van der Waals surface area contributed by atoms with Gasteiger partial charge in [0.15, 0.2) is 0 Å². The first kappa shape index (κ1) is 28.9. The number of Topliss-reactive ketones (excluding diaryl/α,β-unsaturated/α-hetero) is 1. The summed E-state index contributed by atoms with van der Waals surface area (Å²) in [6.07, 6.45) is 1.96. The fraction of sp³-hybridized carbons (Fsp3) is 0.458. The first-order valence-electron chi connectivity index (χ1n) is 11.9. The molecule has 1 aromatic rings. The number of carbonyl (C=O) groups is 7. The van der Waals surface area contributed by atoms with Gasteiger partial charge in [-0.15, -0.1) is 0 Å². The molecule has 2 rings (SSSR count). The van der Waals surface area contributed by atoms with E-state index in [1.54, 1.807) is 37.3 Å². The summed E-state index contributed by atoms with van der Waals surface area (Å²) in [6.45, 7) is 1.25. The number of nitrogens with zero attached hydrogens (tertiary/aromatic N) is 1. The molecule has 0 aliphatic carbocycles. The van der Waals surface area contributed by atoms with Crippen molar-refractivity contribution in [2.24, 2.45) is 5.73 Å². The molecule has 2 unspecified atom stereocenters. The van der Waals surface area contributed by atoms with Crippen LogP contribution in [0, 0.1) is 0 Å². The predicted molar refractivity (Wildman–Crippen MR) is 130 cm³/mol. The second-order valence-corrected chi connectivity index (χ2v) is 8.45. The van der Waals surface area contributed by atoms with Crippen LogP contribution >= 0.6 is 0 Å². The minimum Gasteiger partial charge on any atom is -0.368 e. The van der Waals surface area contributed by atoms with Crippen molar-refractivity contribution < 1.29 is 33.6 Å². The topological polar surface area (TPSA) is 197 Å². The van der Waals surface area contributed by atoms with Crippen LogP contribution in [0.4, 0.5) is 0 Å². The van der Waals surface area contributed by atoms with Gasteiger partial charge in [0, 0.05) is 6.54 Å². The molecule has 3 atom stereocenters. The van der Waals surface area contributed by atoms with Gasteiger partial charge in [-0.2, -0.15) is 0 Å². The van der Waals surface area contributed by atoms with E-state index in [9.17, 15) is 33.6 Å². The predicted octanol–water partition coefficient (Wildman–Crippen LogP) is -1.96. The van der Waals surface area contributed by atoms with Crippen LogP contribution in [0.3, 0.4) is 0 Å². The zero-order chi connectivity index (χ0) is 27.4. The van der Waals surface area contributed by atoms with E-state index in [0.29, 0.717) is 37.8 Å². The van der Waals surface area contributed by atoms with Gasteiger partial charge in [-0.3, -0.25) is 33.6 Å². The smallest absolute Gasteiger partial charge is 0.290 e. The van der Waals surface area contributed by atoms with Crippen LogP contribution in [0.5, 0.6) is 0 Å². The Labute approximate surface area is 213 Å². The van der Waals surface area contributed by atoms with Crippen LogP contribution in [-0.2, 0) is 33.6 Å². The molecule has 13 heteroatoms. The van der Waals surface area contributed by atoms with Gasteiger partial charge in [0.05, 0.1) is 19.1 Å². The first-order chi connectivity index (χ1) is 17.7. The molecule has 1 aromatic carbocycles. The molecule has 0 saturated carbocycles. The third-order valence-electron chi connectivity index (χ3n) is 5.78. The Morgan fingerprint density at radius 1 is 1.08 bits per heavy atom. The molecule has 1 fully saturated rings. The van der Waals surface area contributed by atoms with Gasteiger partial charge < -0.3 is 31.9 Å². The molecular formula is C24H32N6O7. The molecule has 1 aliphatic rings. The van der Waals surface area contributed by atoms with Crippen LogP contribution in [0.2, 0.25) is 0 Å². The molecule has 6 amide bonds. The SMILES string of the molecule is CCCC(NC(=O)[C@@H]1CCCN1C(=O)CNC=O)C(=O)C(=O)NCC(=O)NC(C(N)=O)c1ccccc1. The van der Waals surface area contributed by atoms with Crippen molar-refractivity contribution in [3.8, 4) is 0 Å². The highest BCUT2D eigenvalue weighted by Crippen LogP contribution is 2.18. The molecule has 0 bridgehead atoms. The minimum absolute atomic E-state index is 0.162. The monoisotopic (exact) mass is 516 g/mol. The Kier molecular flexibility index (Phi) is 11.2. The molecule has 1 heterocycles. The number of amides is 6. The lowest BCUT2D eigenvalue weighted by atomic mass is 10.1. The number of rotatable bonds is 14. The van der Waals surface area contributed by atoms with Crippen molar-refractivity contribution in [3.63, 3.8) is 0 Å². The summed E-state index contributed by atoms with van der Waals surface area (Å²) < 4.78 is 0. The Morgan fingerprint density at radius 3 is 2.41 bits per heavy atom. The Hall–Kier alpha value is -4.29. The number of hydrogen-bond donors (Lipinski definition) is 5. The third kappa shape index (κ3) is 8.40. The third-order valence-corrected chi connectivity index (χ3v) is 5.78. The summed E-state index contributed by atoms with van der Waals surface area (Å²) in [6, 6.07) is 5.17. The summed E-state index contributed by atoms with van der Waals surface area (Å²) in [7, 11) is 0. The van der Waals surface area contributed by atoms with Crippen LogP contribution < -0.4 is 27.0 Å². The highest BCUT2D eigenvalue weighted by molar-refractivity contribution is 6.38. The Balaban J connectivity index is 1.95. The lowest BCUT2D eigenvalue weighted by Gasteiger charge is -2.26. The average molecular weight is 517 g/mol. The number of hydrogen-bond acceptors (Lipinski definition) is 7. The maximum absolute atomic E-state index is 12.8. The molecule has 200 valence electrons. The molecule has 0 aromatic heterocycles. The average Bonchev–Trinajstić information content (AvgIpc) is 3.39. The van der Waals surface area contributed by atoms with Crippen molar-refractivity contribution >= 4 is 41.7 Å². The Bertz CT molecular complexity index is 1020. The standard InChI is InChI=1S/C24H32N6O7/c1-2-7-16(28-23(36)17-10-6-11-30(17)19(33)13-26-14-31)21(34)24(37)27-12-18(32)29-20(22(25)35)15-8-4-3-5-9-15/h3-5,8-9,14,16-17,20H,2,6-7,10-13H2,1H3,(H2,25,35)(H,26,31)(H,27,37)(H,28,36)(H,29,32)/t16?,17-,20?/m0/s1. The van der Waals surface area contributed by atoms with Crippen LogP contribution in [0.15, 0.2) is 30.3 Å². The van der Waals surface area contributed by atoms with Gasteiger partial charge in [-0.1, -0.05) is 43.7 Å². The van der Waals surface area contributed by atoms with Gasteiger partial charge in [0.2, 0.25) is 35.8 Å². The maximum Gasteiger partial charge on any atom is 0.290 e. The number of ketones is 1. The highest BCUT2D eigenvalue weighted by Gasteiger charge is 2.36. The molecular weight excluding hydrogens is 484 g/mol. The number of nitrogens with two attached hydrogens (primary N) is 1. The second-order valence-electron chi connectivity index (χ2n) is 8.45. The van der Waals surface area contributed by atoms with E-state index in [0.717, 1.165) is 0 Å². The molecule has 1 saturated heterocycles. The van der Waals surface area contributed by atoms with Gasteiger partial charge >= 0.3 is 0 Å². The lowest BCUT2D eigenvalue weighted by molar-refractivity contribution is -0.142. The molecule has 37 heavy (non-hydrogen) atoms. The molecule has 13 nitrogen and oxygen atoms in total. The largest absolute Gasteiger partial charge is 0.368 e. The van der Waals surface area contributed by atoms with E-state index >= 15 is 0 Å². The number of likely N-dealkylation sites (tertiary alicyclic amines) is 1. The number of benzene rings is 1. The molecule has 0 spiro atoms. The maximum atomic E-state index is 12.8. The summed E-state index contributed by atoms with van der Waals surface area (Å²) in [5.74, 6) is -4.59. The van der Waals surface area contributed by atoms with E-state index in [-0.39, 0.29) is 13.0 Å². The van der Waals surface area contributed by atoms with E-state index in [2.05, 4.69) is 21.3 Å². The van der Waals surface area contributed by atoms with Crippen molar-refractivity contribution in [2.75, 3.05) is 19.6 Å². The van der Waals surface area contributed by atoms with Crippen LogP contribution in [-0.4, -0.2) is 78.3 Å². The fourth-order valence-corrected chi connectivity index (χ4v) is 3.98. The van der Waals surface area contributed by atoms with E-state index < -0.39 is 60.0 Å². The van der Waals surface area contributed by atoms with Gasteiger partial charge in [0.1, 0.15) is 12.1 Å². The first-order valence-corrected chi connectivity index (χ1v) is 11.9. The van der Waals surface area contributed by atoms with E-state index in [1.807, 2.05) is 0 Å². The number of primary amides is 1. The molecule has 1 aliphatic heterocycles. The van der Waals surface area contributed by atoms with Crippen molar-refractivity contribution in [3.05, 3.63) is 35.9 Å². The van der Waals surface area contributed by atoms with Crippen LogP contribution in [0.25, 0.3) is 0 Å². The lowest BCUT2D eigenvalue weighted by Crippen LogP contribution is -2.54. The minimum atomic E-state index is -1.16. The highest BCUT2D eigenvalue weighted by atomic mass is 16.2. The van der Waals surface area contributed by atoms with Gasteiger partial charge in [0.25, 0.3) is 5.91 Å². The second kappa shape index (κ2) is 14.3. The number of carbonyl (C=O) groups excluding carboxylic acids is 7. The Morgan fingerprint density at radius 2 is 1.78 bits per heavy atom. The van der Waals surface area contributed by atoms with Gasteiger partial charge in [-0.05, 0) is 24.8 Å². The summed E-state index contributed by atoms with van der Waals surface area (Å²) in [4.78, 5) is 86.1. The zero-order valence-corrected chi connectivity index (χ0v) is 20.5. The molecule has 0 radical (unpaired) electrons. The van der Waals surface area contributed by atoms with Gasteiger partial charge in [-0.25, -0.2) is 0 Å². The fourth-order valence-electron chi connectivity index (χ4n) is 3.98. The van der Waals surface area contributed by atoms with E-state index in [4.69, 9.17) is 5.73 Å². The summed E-state index contributed by atoms with van der Waals surface area (Å²) in [5, 5.41) is 9.41. The van der Waals surface area contributed by atoms with E-state index in [1.165, 1.54) is 4.90 Å². The normalized spacial score (nSPS) is 16.1. The zero-order valence-electron chi connectivity index (χ0n) is 20.5. The van der Waals surface area contributed by atoms with Crippen molar-refractivity contribution in [1.29, 1.82) is 0 Å². The summed E-state index contributed by atoms with van der Waals surface area (Å²) >= 11 is 0. The molecule has 6 N–H and O–H groups in total. The number of nitrogens with one attached hydrogen (secondary N) is 4. The quantitative estimate of drug-likeness (QED) is 0.140. The van der Waals surface area contributed by atoms with Crippen molar-refractivity contribution in [2.45, 2.75) is 50.7 Å². The van der Waals surface area contributed by atoms with Crippen molar-refractivity contribution in [1.82, 2.24) is 26.2 Å².